The van der Waals surface area contributed by atoms with Gasteiger partial charge >= 0.3 is 0 Å². The van der Waals surface area contributed by atoms with Crippen molar-refractivity contribution >= 4 is 0 Å². The number of hydrogen-bond donors (Lipinski definition) is 0. The van der Waals surface area contributed by atoms with E-state index in [1.54, 1.807) is 31.5 Å². The third-order valence-corrected chi connectivity index (χ3v) is 4.88. The molecule has 0 fully saturated rings. The molecule has 0 saturated heterocycles. The normalized spacial score (nSPS) is 10.1. The van der Waals surface area contributed by atoms with E-state index >= 15 is 0 Å². The van der Waals surface area contributed by atoms with Gasteiger partial charge in [-0.05, 0) is 42.1 Å². The van der Waals surface area contributed by atoms with E-state index in [4.69, 9.17) is 0 Å². The predicted octanol–water partition coefficient (Wildman–Crippen LogP) is 6.88. The number of aryl methyl sites for hydroxylation is 1. The Morgan fingerprint density at radius 2 is 1.43 bits per heavy atom. The Labute approximate surface area is 215 Å². The maximum Gasteiger partial charge on any atom is 0.0792 e. The summed E-state index contributed by atoms with van der Waals surface area (Å²) in [4.78, 5) is 12.5. The minimum atomic E-state index is -1.26. The van der Waals surface area contributed by atoms with Crippen LogP contribution in [0.2, 0.25) is 0 Å². The van der Waals surface area contributed by atoms with Gasteiger partial charge < -0.3 is 9.97 Å². The second-order valence-electron chi connectivity index (χ2n) is 7.24. The van der Waals surface area contributed by atoms with Crippen LogP contribution in [0, 0.1) is 36.5 Å². The first-order valence-corrected chi connectivity index (χ1v) is 10.4. The summed E-state index contributed by atoms with van der Waals surface area (Å²) < 4.78 is 40.3. The minimum Gasteiger partial charge on any atom is -0.305 e. The Balaban J connectivity index is 0.000000223. The van der Waals surface area contributed by atoms with Gasteiger partial charge in [0.1, 0.15) is 0 Å². The molecule has 1 radical (unpaired) electrons. The molecule has 0 spiro atoms. The molecule has 0 saturated carbocycles. The van der Waals surface area contributed by atoms with Crippen LogP contribution in [0.5, 0.6) is 0 Å². The van der Waals surface area contributed by atoms with Crippen molar-refractivity contribution in [3.8, 4) is 33.8 Å². The molecule has 0 amide bonds. The van der Waals surface area contributed by atoms with E-state index in [1.165, 1.54) is 6.20 Å². The molecule has 0 aliphatic heterocycles. The first-order valence-electron chi connectivity index (χ1n) is 10.4. The van der Waals surface area contributed by atoms with Gasteiger partial charge in [0.25, 0.3) is 0 Å². The summed E-state index contributed by atoms with van der Waals surface area (Å²) in [5, 5.41) is 0. The van der Waals surface area contributed by atoms with Crippen molar-refractivity contribution in [2.24, 2.45) is 0 Å². The van der Waals surface area contributed by atoms with Crippen LogP contribution in [0.1, 0.15) is 5.56 Å². The van der Waals surface area contributed by atoms with E-state index in [9.17, 15) is 13.2 Å². The number of benzene rings is 2. The molecule has 3 heterocycles. The van der Waals surface area contributed by atoms with Crippen LogP contribution in [0.3, 0.4) is 0 Å². The molecular weight excluding hydrogens is 628 g/mol. The average molecular weight is 646 g/mol. The molecule has 0 atom stereocenters. The number of pyridine rings is 3. The minimum absolute atomic E-state index is 0. The Bertz CT molecular complexity index is 1350. The fourth-order valence-electron chi connectivity index (χ4n) is 3.24. The van der Waals surface area contributed by atoms with Crippen molar-refractivity contribution in [3.63, 3.8) is 0 Å². The summed E-state index contributed by atoms with van der Waals surface area (Å²) in [5.74, 6) is -3.40. The molecule has 0 bridgehead atoms. The second-order valence-corrected chi connectivity index (χ2v) is 7.24. The molecule has 2 aromatic carbocycles. The molecule has 0 unspecified atom stereocenters. The van der Waals surface area contributed by atoms with Crippen LogP contribution < -0.4 is 0 Å². The van der Waals surface area contributed by atoms with Crippen molar-refractivity contribution in [2.75, 3.05) is 0 Å². The zero-order valence-corrected chi connectivity index (χ0v) is 20.9. The molecular formula is C28H18F3IrN3-2. The molecule has 35 heavy (non-hydrogen) atoms. The molecule has 0 N–H and O–H groups in total. The summed E-state index contributed by atoms with van der Waals surface area (Å²) in [6.45, 7) is 1.79. The van der Waals surface area contributed by atoms with Crippen LogP contribution in [0.25, 0.3) is 33.8 Å². The number of aromatic nitrogens is 3. The van der Waals surface area contributed by atoms with E-state index in [2.05, 4.69) is 27.1 Å². The van der Waals surface area contributed by atoms with Gasteiger partial charge in [-0.2, -0.15) is 0 Å². The Morgan fingerprint density at radius 1 is 0.743 bits per heavy atom. The quantitative estimate of drug-likeness (QED) is 0.159. The van der Waals surface area contributed by atoms with Crippen LogP contribution in [0.15, 0.2) is 91.4 Å². The Hall–Kier alpha value is -3.67. The maximum atomic E-state index is 13.8. The zero-order chi connectivity index (χ0) is 23.9. The average Bonchev–Trinajstić information content (AvgIpc) is 2.88. The summed E-state index contributed by atoms with van der Waals surface area (Å²) >= 11 is 0. The van der Waals surface area contributed by atoms with Gasteiger partial charge in [0.2, 0.25) is 0 Å². The predicted molar refractivity (Wildman–Crippen MR) is 125 cm³/mol. The fourth-order valence-corrected chi connectivity index (χ4v) is 3.24. The van der Waals surface area contributed by atoms with Gasteiger partial charge in [-0.25, -0.2) is 8.78 Å². The van der Waals surface area contributed by atoms with Crippen molar-refractivity contribution in [1.82, 2.24) is 15.0 Å². The van der Waals surface area contributed by atoms with Crippen LogP contribution in [0.4, 0.5) is 13.2 Å². The molecule has 5 rings (SSSR count). The van der Waals surface area contributed by atoms with E-state index in [0.29, 0.717) is 11.8 Å². The monoisotopic (exact) mass is 646 g/mol. The summed E-state index contributed by atoms with van der Waals surface area (Å²) in [6, 6.07) is 26.4. The van der Waals surface area contributed by atoms with Crippen molar-refractivity contribution in [3.05, 3.63) is 127 Å². The third kappa shape index (κ3) is 6.47. The Morgan fingerprint density at radius 3 is 2.03 bits per heavy atom. The molecule has 5 aromatic rings. The molecule has 177 valence electrons. The molecule has 3 aromatic heterocycles. The third-order valence-electron chi connectivity index (χ3n) is 4.88. The van der Waals surface area contributed by atoms with Crippen LogP contribution in [-0.2, 0) is 20.1 Å². The molecule has 3 nitrogen and oxygen atoms in total. The number of hydrogen-bond acceptors (Lipinski definition) is 3. The van der Waals surface area contributed by atoms with Crippen molar-refractivity contribution in [2.45, 2.75) is 6.92 Å². The van der Waals surface area contributed by atoms with Gasteiger partial charge in [-0.15, -0.1) is 42.0 Å². The van der Waals surface area contributed by atoms with Crippen LogP contribution in [-0.4, -0.2) is 15.0 Å². The zero-order valence-electron chi connectivity index (χ0n) is 18.5. The van der Waals surface area contributed by atoms with Crippen LogP contribution >= 0.6 is 0 Å². The van der Waals surface area contributed by atoms with E-state index in [1.807, 2.05) is 54.6 Å². The number of nitrogens with zero attached hydrogens (tertiary/aromatic N) is 3. The number of rotatable bonds is 3. The van der Waals surface area contributed by atoms with Gasteiger partial charge in [-0.3, -0.25) is 9.37 Å². The molecule has 0 aliphatic rings. The van der Waals surface area contributed by atoms with E-state index < -0.39 is 17.5 Å². The van der Waals surface area contributed by atoms with E-state index in [0.717, 1.165) is 22.4 Å². The molecule has 0 aliphatic carbocycles. The summed E-state index contributed by atoms with van der Waals surface area (Å²) in [6.07, 6.45) is 4.94. The smallest absolute Gasteiger partial charge is 0.0792 e. The topological polar surface area (TPSA) is 38.7 Å². The second kappa shape index (κ2) is 12.2. The number of halogens is 3. The fraction of sp³-hybridized carbons (Fsp3) is 0.0357. The summed E-state index contributed by atoms with van der Waals surface area (Å²) in [7, 11) is 0. The van der Waals surface area contributed by atoms with Crippen molar-refractivity contribution in [1.29, 1.82) is 0 Å². The largest absolute Gasteiger partial charge is 0.305 e. The summed E-state index contributed by atoms with van der Waals surface area (Å²) in [5.41, 5.74) is 4.05. The Kier molecular flexibility index (Phi) is 9.01. The molecule has 7 heteroatoms. The SMILES string of the molecule is Cc1cc(-c2[c-]c(F)cc(F)c2F)ncc1-c1ccccn1.[Ir].[c-]1ccccc1-c1ccccn1. The maximum absolute atomic E-state index is 13.8. The van der Waals surface area contributed by atoms with Crippen molar-refractivity contribution < 1.29 is 33.3 Å². The van der Waals surface area contributed by atoms with Gasteiger partial charge in [0, 0.05) is 50.1 Å². The first kappa shape index (κ1) is 25.9. The van der Waals surface area contributed by atoms with E-state index in [-0.39, 0.29) is 31.4 Å². The first-order chi connectivity index (χ1) is 16.5. The standard InChI is InChI=1S/C17H10F3N2.C11H8N.Ir/c1-10-6-16(12-7-11(18)8-14(19)17(12)20)22-9-13(10)15-4-2-3-5-21-15;1-2-6-10(7-3-1)11-8-4-5-9-12-11;/h2-6,8-9H,1H3;1-6,8-9H;/q2*-1;. The van der Waals surface area contributed by atoms with Gasteiger partial charge in [0.15, 0.2) is 0 Å². The van der Waals surface area contributed by atoms with Gasteiger partial charge in [-0.1, -0.05) is 35.9 Å². The van der Waals surface area contributed by atoms with Gasteiger partial charge in [0.05, 0.1) is 17.3 Å².